The summed E-state index contributed by atoms with van der Waals surface area (Å²) in [6.45, 7) is 3.45. The number of carbonyl (C=O) groups excluding carboxylic acids is 1. The van der Waals surface area contributed by atoms with Crippen LogP contribution >= 0.6 is 11.6 Å². The van der Waals surface area contributed by atoms with Gasteiger partial charge in [0.25, 0.3) is 0 Å². The molecule has 2 aliphatic heterocycles. The number of nitrogens with zero attached hydrogens (tertiary/aromatic N) is 2. The fourth-order valence-electron chi connectivity index (χ4n) is 5.14. The third kappa shape index (κ3) is 2.75. The van der Waals surface area contributed by atoms with Crippen LogP contribution in [0.3, 0.4) is 0 Å². The summed E-state index contributed by atoms with van der Waals surface area (Å²) in [5.74, 6) is 0.0724. The van der Waals surface area contributed by atoms with E-state index in [1.54, 1.807) is 0 Å². The number of halogens is 1. The number of hydrogen-bond acceptors (Lipinski definition) is 2. The first kappa shape index (κ1) is 17.8. The van der Waals surface area contributed by atoms with E-state index in [1.807, 2.05) is 11.0 Å². The molecular formula is C23H24ClN3O. The average Bonchev–Trinajstić information content (AvgIpc) is 3.32. The Labute approximate surface area is 170 Å². The van der Waals surface area contributed by atoms with Crippen LogP contribution in [0.4, 0.5) is 0 Å². The Bertz CT molecular complexity index is 1020. The molecule has 3 heterocycles. The normalized spacial score (nSPS) is 22.1. The summed E-state index contributed by atoms with van der Waals surface area (Å²) in [5.41, 5.74) is 4.74. The number of benzene rings is 2. The third-order valence-corrected chi connectivity index (χ3v) is 6.60. The lowest BCUT2D eigenvalue weighted by Crippen LogP contribution is -2.55. The lowest BCUT2D eigenvalue weighted by atomic mass is 9.84. The largest absolute Gasteiger partial charge is 0.356 e. The maximum atomic E-state index is 12.8. The first-order valence-electron chi connectivity index (χ1n) is 9.94. The van der Waals surface area contributed by atoms with E-state index < -0.39 is 0 Å². The van der Waals surface area contributed by atoms with Crippen molar-refractivity contribution >= 4 is 28.4 Å². The van der Waals surface area contributed by atoms with Crippen molar-refractivity contribution in [1.29, 1.82) is 0 Å². The van der Waals surface area contributed by atoms with Crippen molar-refractivity contribution < 1.29 is 4.79 Å². The number of aromatic nitrogens is 1. The lowest BCUT2D eigenvalue weighted by Gasteiger charge is -2.44. The number of nitrogens with one attached hydrogen (secondary N) is 1. The first-order valence-corrected chi connectivity index (χ1v) is 10.5. The van der Waals surface area contributed by atoms with Crippen molar-refractivity contribution in [2.24, 2.45) is 0 Å². The Hall–Kier alpha value is -2.30. The van der Waals surface area contributed by atoms with Gasteiger partial charge in [0, 0.05) is 42.8 Å². The first-order chi connectivity index (χ1) is 13.7. The quantitative estimate of drug-likeness (QED) is 0.685. The third-order valence-electron chi connectivity index (χ3n) is 6.37. The van der Waals surface area contributed by atoms with E-state index in [-0.39, 0.29) is 17.3 Å². The summed E-state index contributed by atoms with van der Waals surface area (Å²) < 4.78 is 0. The molecule has 1 N–H and O–H groups in total. The van der Waals surface area contributed by atoms with Gasteiger partial charge < -0.3 is 9.88 Å². The molecule has 1 amide bonds. The molecule has 2 aliphatic rings. The van der Waals surface area contributed by atoms with E-state index in [2.05, 4.69) is 58.4 Å². The molecule has 2 aromatic carbocycles. The Morgan fingerprint density at radius 2 is 1.86 bits per heavy atom. The Morgan fingerprint density at radius 3 is 2.68 bits per heavy atom. The Morgan fingerprint density at radius 1 is 1.07 bits per heavy atom. The molecule has 1 atom stereocenters. The number of hydrogen-bond donors (Lipinski definition) is 1. The van der Waals surface area contributed by atoms with E-state index >= 15 is 0 Å². The van der Waals surface area contributed by atoms with Crippen LogP contribution in [0.15, 0.2) is 54.6 Å². The summed E-state index contributed by atoms with van der Waals surface area (Å²) >= 11 is 6.00. The number of rotatable bonds is 3. The summed E-state index contributed by atoms with van der Waals surface area (Å²) in [6, 6.07) is 19.0. The van der Waals surface area contributed by atoms with E-state index in [9.17, 15) is 4.79 Å². The zero-order valence-corrected chi connectivity index (χ0v) is 16.6. The molecule has 1 aromatic heterocycles. The molecule has 5 heteroatoms. The molecule has 28 heavy (non-hydrogen) atoms. The van der Waals surface area contributed by atoms with Crippen LogP contribution in [0.1, 0.15) is 23.2 Å². The van der Waals surface area contributed by atoms with Gasteiger partial charge in [0.1, 0.15) is 5.88 Å². The van der Waals surface area contributed by atoms with Crippen molar-refractivity contribution in [1.82, 2.24) is 14.8 Å². The molecule has 5 rings (SSSR count). The summed E-state index contributed by atoms with van der Waals surface area (Å²) in [7, 11) is 0. The fourth-order valence-corrected chi connectivity index (χ4v) is 5.28. The molecule has 1 fully saturated rings. The molecule has 1 unspecified atom stereocenters. The highest BCUT2D eigenvalue weighted by Gasteiger charge is 2.50. The van der Waals surface area contributed by atoms with Gasteiger partial charge in [-0.1, -0.05) is 48.5 Å². The Kier molecular flexibility index (Phi) is 4.41. The van der Waals surface area contributed by atoms with Crippen LogP contribution in [0.25, 0.3) is 10.9 Å². The number of alkyl halides is 1. The van der Waals surface area contributed by atoms with Gasteiger partial charge in [-0.25, -0.2) is 0 Å². The van der Waals surface area contributed by atoms with E-state index in [4.69, 9.17) is 11.6 Å². The number of likely N-dealkylation sites (tertiary alicyclic amines) is 1. The second kappa shape index (κ2) is 6.94. The molecule has 0 saturated carbocycles. The molecule has 1 spiro atoms. The summed E-state index contributed by atoms with van der Waals surface area (Å²) in [5, 5.41) is 1.29. The van der Waals surface area contributed by atoms with Gasteiger partial charge >= 0.3 is 0 Å². The van der Waals surface area contributed by atoms with Gasteiger partial charge in [0.15, 0.2) is 0 Å². The van der Waals surface area contributed by atoms with Crippen LogP contribution in [0.5, 0.6) is 0 Å². The van der Waals surface area contributed by atoms with E-state index in [1.165, 1.54) is 22.2 Å². The number of H-pyrrole nitrogens is 1. The number of para-hydroxylation sites is 1. The number of carbonyl (C=O) groups is 1. The second-order valence-corrected chi connectivity index (χ2v) is 8.20. The summed E-state index contributed by atoms with van der Waals surface area (Å²) in [4.78, 5) is 21.0. The predicted octanol–water partition coefficient (Wildman–Crippen LogP) is 3.89. The van der Waals surface area contributed by atoms with Gasteiger partial charge in [0.2, 0.25) is 5.91 Å². The van der Waals surface area contributed by atoms with Gasteiger partial charge in [-0.05, 0) is 30.0 Å². The SMILES string of the molecule is O=C(CCl)N1CCc2c([nH]c3ccccc23)C12CCN(Cc1ccccc1)C2. The van der Waals surface area contributed by atoms with Crippen LogP contribution in [-0.4, -0.2) is 46.2 Å². The van der Waals surface area contributed by atoms with Crippen molar-refractivity contribution in [3.63, 3.8) is 0 Å². The highest BCUT2D eigenvalue weighted by atomic mass is 35.5. The molecule has 0 aliphatic carbocycles. The van der Waals surface area contributed by atoms with Crippen molar-refractivity contribution in [2.75, 3.05) is 25.5 Å². The van der Waals surface area contributed by atoms with Crippen LogP contribution in [0.2, 0.25) is 0 Å². The highest BCUT2D eigenvalue weighted by Crippen LogP contribution is 2.45. The molecule has 0 bridgehead atoms. The topological polar surface area (TPSA) is 39.3 Å². The van der Waals surface area contributed by atoms with Crippen LogP contribution in [-0.2, 0) is 23.3 Å². The van der Waals surface area contributed by atoms with E-state index in [0.29, 0.717) is 0 Å². The van der Waals surface area contributed by atoms with Gasteiger partial charge in [-0.15, -0.1) is 11.6 Å². The minimum atomic E-state index is -0.312. The van der Waals surface area contributed by atoms with Gasteiger partial charge in [0.05, 0.1) is 5.54 Å². The lowest BCUT2D eigenvalue weighted by molar-refractivity contribution is -0.135. The van der Waals surface area contributed by atoms with Crippen molar-refractivity contribution in [3.8, 4) is 0 Å². The second-order valence-electron chi connectivity index (χ2n) is 7.93. The van der Waals surface area contributed by atoms with Crippen LogP contribution in [0, 0.1) is 0 Å². The summed E-state index contributed by atoms with van der Waals surface area (Å²) in [6.07, 6.45) is 1.81. The molecule has 144 valence electrons. The smallest absolute Gasteiger partial charge is 0.238 e. The number of fused-ring (bicyclic) bond motifs is 4. The monoisotopic (exact) mass is 393 g/mol. The molecular weight excluding hydrogens is 370 g/mol. The molecule has 3 aromatic rings. The van der Waals surface area contributed by atoms with Crippen molar-refractivity contribution in [2.45, 2.75) is 24.9 Å². The molecule has 4 nitrogen and oxygen atoms in total. The van der Waals surface area contributed by atoms with Crippen molar-refractivity contribution in [3.05, 3.63) is 71.4 Å². The zero-order valence-electron chi connectivity index (χ0n) is 15.8. The maximum absolute atomic E-state index is 12.8. The number of aromatic amines is 1. The molecule has 1 saturated heterocycles. The maximum Gasteiger partial charge on any atom is 0.238 e. The van der Waals surface area contributed by atoms with Gasteiger partial charge in [-0.3, -0.25) is 9.69 Å². The Balaban J connectivity index is 1.56. The number of amides is 1. The van der Waals surface area contributed by atoms with Gasteiger partial charge in [-0.2, -0.15) is 0 Å². The fraction of sp³-hybridized carbons (Fsp3) is 0.348. The zero-order chi connectivity index (χ0) is 19.1. The minimum absolute atomic E-state index is 0.0348. The van der Waals surface area contributed by atoms with E-state index in [0.717, 1.165) is 44.5 Å². The predicted molar refractivity (Wildman–Crippen MR) is 112 cm³/mol. The molecule has 0 radical (unpaired) electrons. The average molecular weight is 394 g/mol. The minimum Gasteiger partial charge on any atom is -0.356 e. The standard InChI is InChI=1S/C23H24ClN3O/c24-14-21(28)27-12-10-19-18-8-4-5-9-20(18)25-22(19)23(27)11-13-26(16-23)15-17-6-2-1-3-7-17/h1-9,25H,10-16H2. The van der Waals surface area contributed by atoms with Crippen LogP contribution < -0.4 is 0 Å². The highest BCUT2D eigenvalue weighted by molar-refractivity contribution is 6.27.